The molecular weight excluding hydrogens is 669 g/mol. The Kier molecular flexibility index (Phi) is 8.31. The summed E-state index contributed by atoms with van der Waals surface area (Å²) in [7, 11) is 0. The molecule has 3 heterocycles. The third-order valence-electron chi connectivity index (χ3n) is 6.60. The Morgan fingerprint density at radius 2 is 1.27 bits per heavy atom. The molecule has 0 spiro atoms. The average molecular weight is 695 g/mol. The second-order valence-corrected chi connectivity index (χ2v) is 9.49. The van der Waals surface area contributed by atoms with Crippen LogP contribution in [0.4, 0.5) is 0 Å². The number of aryl methyl sites for hydroxylation is 2. The van der Waals surface area contributed by atoms with Crippen molar-refractivity contribution in [2.45, 2.75) is 13.8 Å². The number of hydrogen-bond donors (Lipinski definition) is 0. The van der Waals surface area contributed by atoms with Gasteiger partial charge in [0.15, 0.2) is 0 Å². The van der Waals surface area contributed by atoms with Crippen LogP contribution in [-0.4, -0.2) is 9.97 Å². The van der Waals surface area contributed by atoms with E-state index in [4.69, 9.17) is 4.42 Å². The number of furan rings is 1. The monoisotopic (exact) mass is 695 g/mol. The van der Waals surface area contributed by atoms with E-state index in [1.165, 1.54) is 16.7 Å². The molecule has 3 nitrogen and oxygen atoms in total. The van der Waals surface area contributed by atoms with Crippen molar-refractivity contribution in [3.8, 4) is 33.6 Å². The molecule has 0 N–H and O–H groups in total. The predicted octanol–water partition coefficient (Wildman–Crippen LogP) is 9.28. The molecule has 0 aliphatic heterocycles. The fraction of sp³-hybridized carbons (Fsp3) is 0.0556. The SMILES string of the molecule is Cc1ccc(-c2[c-]ccc(-c3ccccc3)c2)nc1.Cc1ccc(-c2[c-]ccc3c2oc2ccccc23)nc1.[Ir]. The molecule has 4 heteroatoms. The first-order valence-electron chi connectivity index (χ1n) is 12.9. The van der Waals surface area contributed by atoms with Gasteiger partial charge >= 0.3 is 0 Å². The maximum Gasteiger partial charge on any atom is 0.120 e. The molecule has 0 fully saturated rings. The third-order valence-corrected chi connectivity index (χ3v) is 6.60. The van der Waals surface area contributed by atoms with Crippen LogP contribution in [0.5, 0.6) is 0 Å². The first-order chi connectivity index (χ1) is 19.2. The Balaban J connectivity index is 0.000000158. The second kappa shape index (κ2) is 12.2. The van der Waals surface area contributed by atoms with Gasteiger partial charge in [-0.15, -0.1) is 53.6 Å². The van der Waals surface area contributed by atoms with Crippen LogP contribution in [0.1, 0.15) is 11.1 Å². The summed E-state index contributed by atoms with van der Waals surface area (Å²) in [6.07, 6.45) is 3.75. The van der Waals surface area contributed by atoms with Gasteiger partial charge in [0, 0.05) is 37.9 Å². The van der Waals surface area contributed by atoms with Crippen LogP contribution < -0.4 is 0 Å². The third kappa shape index (κ3) is 5.79. The van der Waals surface area contributed by atoms with Gasteiger partial charge in [0.25, 0.3) is 0 Å². The molecule has 0 atom stereocenters. The van der Waals surface area contributed by atoms with E-state index in [0.29, 0.717) is 0 Å². The molecule has 7 aromatic rings. The molecule has 0 aliphatic carbocycles. The minimum absolute atomic E-state index is 0. The minimum atomic E-state index is 0. The van der Waals surface area contributed by atoms with Crippen molar-refractivity contribution in [2.75, 3.05) is 0 Å². The summed E-state index contributed by atoms with van der Waals surface area (Å²) in [5, 5.41) is 2.24. The van der Waals surface area contributed by atoms with Crippen molar-refractivity contribution in [3.63, 3.8) is 0 Å². The van der Waals surface area contributed by atoms with Crippen molar-refractivity contribution in [1.82, 2.24) is 9.97 Å². The van der Waals surface area contributed by atoms with Gasteiger partial charge in [-0.05, 0) is 48.0 Å². The molecule has 0 saturated heterocycles. The zero-order chi connectivity index (χ0) is 26.6. The molecule has 0 aliphatic rings. The molecule has 0 saturated carbocycles. The van der Waals surface area contributed by atoms with Crippen LogP contribution in [0, 0.1) is 26.0 Å². The van der Waals surface area contributed by atoms with Crippen LogP contribution >= 0.6 is 0 Å². The van der Waals surface area contributed by atoms with Crippen molar-refractivity contribution in [1.29, 1.82) is 0 Å². The number of aromatic nitrogens is 2. The van der Waals surface area contributed by atoms with Gasteiger partial charge in [0.1, 0.15) is 5.58 Å². The number of para-hydroxylation sites is 1. The van der Waals surface area contributed by atoms with Gasteiger partial charge in [-0.1, -0.05) is 83.7 Å². The van der Waals surface area contributed by atoms with Crippen LogP contribution in [0.25, 0.3) is 55.6 Å². The number of hydrogen-bond acceptors (Lipinski definition) is 3. The first kappa shape index (κ1) is 27.2. The number of nitrogens with zero attached hydrogens (tertiary/aromatic N) is 2. The van der Waals surface area contributed by atoms with Crippen molar-refractivity contribution < 1.29 is 24.5 Å². The Morgan fingerprint density at radius 1 is 0.600 bits per heavy atom. The zero-order valence-electron chi connectivity index (χ0n) is 22.2. The molecule has 197 valence electrons. The van der Waals surface area contributed by atoms with Crippen molar-refractivity contribution in [3.05, 3.63) is 145 Å². The number of rotatable bonds is 3. The second-order valence-electron chi connectivity index (χ2n) is 9.49. The molecule has 0 bridgehead atoms. The minimum Gasteiger partial charge on any atom is -0.501 e. The molecular formula is C36H26IrN2O-2. The fourth-order valence-corrected chi connectivity index (χ4v) is 4.55. The van der Waals surface area contributed by atoms with Crippen molar-refractivity contribution in [2.24, 2.45) is 0 Å². The Bertz CT molecular complexity index is 1860. The van der Waals surface area contributed by atoms with Crippen LogP contribution in [0.15, 0.2) is 126 Å². The van der Waals surface area contributed by atoms with E-state index in [1.54, 1.807) is 0 Å². The standard InChI is InChI=1S/C18H12NO.C18H14N.Ir/c1-12-9-10-16(19-11-12)15-7-4-6-14-13-5-2-3-8-17(13)20-18(14)15;1-14-10-11-18(19-13-14)17-9-5-8-16(12-17)15-6-3-2-4-7-15;/h2-6,8-11H,1H3;2-8,10-13H,1H3;/q2*-1;. The van der Waals surface area contributed by atoms with E-state index >= 15 is 0 Å². The predicted molar refractivity (Wildman–Crippen MR) is 159 cm³/mol. The van der Waals surface area contributed by atoms with E-state index in [9.17, 15) is 0 Å². The van der Waals surface area contributed by atoms with Crippen molar-refractivity contribution >= 4 is 21.9 Å². The smallest absolute Gasteiger partial charge is 0.120 e. The summed E-state index contributed by atoms with van der Waals surface area (Å²) in [5.41, 5.74) is 10.3. The first-order valence-corrected chi connectivity index (χ1v) is 12.9. The number of pyridine rings is 2. The van der Waals surface area contributed by atoms with E-state index in [2.05, 4.69) is 76.7 Å². The van der Waals surface area contributed by atoms with E-state index < -0.39 is 0 Å². The summed E-state index contributed by atoms with van der Waals surface area (Å²) in [6.45, 7) is 4.07. The Hall–Kier alpha value is -4.37. The molecule has 3 aromatic heterocycles. The van der Waals surface area contributed by atoms with Crippen LogP contribution in [-0.2, 0) is 20.1 Å². The summed E-state index contributed by atoms with van der Waals surface area (Å²) >= 11 is 0. The van der Waals surface area contributed by atoms with Gasteiger partial charge in [0.05, 0.1) is 5.58 Å². The molecule has 0 unspecified atom stereocenters. The van der Waals surface area contributed by atoms with Crippen LogP contribution in [0.2, 0.25) is 0 Å². The van der Waals surface area contributed by atoms with E-state index in [0.717, 1.165) is 50.0 Å². The molecule has 4 aromatic carbocycles. The van der Waals surface area contributed by atoms with E-state index in [1.807, 2.05) is 80.8 Å². The van der Waals surface area contributed by atoms with Gasteiger partial charge < -0.3 is 14.4 Å². The number of fused-ring (bicyclic) bond motifs is 3. The van der Waals surface area contributed by atoms with Gasteiger partial charge in [-0.25, -0.2) is 0 Å². The maximum absolute atomic E-state index is 6.00. The van der Waals surface area contributed by atoms with Gasteiger partial charge in [0.2, 0.25) is 0 Å². The Morgan fingerprint density at radius 3 is 2.00 bits per heavy atom. The molecule has 7 rings (SSSR count). The largest absolute Gasteiger partial charge is 0.501 e. The summed E-state index contributed by atoms with van der Waals surface area (Å²) in [6, 6.07) is 43.2. The normalized spacial score (nSPS) is 10.6. The quantitative estimate of drug-likeness (QED) is 0.173. The van der Waals surface area contributed by atoms with Gasteiger partial charge in [-0.2, -0.15) is 0 Å². The average Bonchev–Trinajstić information content (AvgIpc) is 3.38. The topological polar surface area (TPSA) is 38.9 Å². The summed E-state index contributed by atoms with van der Waals surface area (Å²) in [4.78, 5) is 8.93. The molecule has 1 radical (unpaired) electrons. The molecule has 0 amide bonds. The molecule has 40 heavy (non-hydrogen) atoms. The van der Waals surface area contributed by atoms with Gasteiger partial charge in [-0.3, -0.25) is 0 Å². The maximum atomic E-state index is 6.00. The number of benzene rings is 4. The van der Waals surface area contributed by atoms with E-state index in [-0.39, 0.29) is 20.1 Å². The summed E-state index contributed by atoms with van der Waals surface area (Å²) in [5.74, 6) is 0. The van der Waals surface area contributed by atoms with Crippen LogP contribution in [0.3, 0.4) is 0 Å². The fourth-order valence-electron chi connectivity index (χ4n) is 4.55. The zero-order valence-corrected chi connectivity index (χ0v) is 24.6. The summed E-state index contributed by atoms with van der Waals surface area (Å²) < 4.78 is 6.00. The Labute approximate surface area is 247 Å².